The highest BCUT2D eigenvalue weighted by atomic mass is 79.9. The molecule has 2 fully saturated rings. The molecule has 0 aromatic heterocycles. The van der Waals surface area contributed by atoms with Crippen molar-refractivity contribution in [3.8, 4) is 0 Å². The highest BCUT2D eigenvalue weighted by Crippen LogP contribution is 2.59. The molecule has 1 heterocycles. The van der Waals surface area contributed by atoms with Gasteiger partial charge >= 0.3 is 0 Å². The summed E-state index contributed by atoms with van der Waals surface area (Å²) < 4.78 is 1.08. The minimum Gasteiger partial charge on any atom is -0.341 e. The Balaban J connectivity index is 1.59. The van der Waals surface area contributed by atoms with Crippen LogP contribution in [0.15, 0.2) is 28.7 Å². The normalized spacial score (nSPS) is 23.6. The number of halogens is 1. The van der Waals surface area contributed by atoms with Crippen LogP contribution in [0.5, 0.6) is 0 Å². The molecule has 0 bridgehead atoms. The molecule has 0 radical (unpaired) electrons. The lowest BCUT2D eigenvalue weighted by atomic mass is 9.91. The molecule has 20 heavy (non-hydrogen) atoms. The third kappa shape index (κ3) is 2.77. The van der Waals surface area contributed by atoms with Crippen molar-refractivity contribution in [2.24, 2.45) is 11.3 Å². The first-order valence-corrected chi connectivity index (χ1v) is 8.10. The van der Waals surface area contributed by atoms with Crippen LogP contribution in [0.4, 0.5) is 0 Å². The summed E-state index contributed by atoms with van der Waals surface area (Å²) in [5, 5.41) is 3.38. The topological polar surface area (TPSA) is 32.3 Å². The van der Waals surface area contributed by atoms with Crippen LogP contribution in [0.1, 0.15) is 24.8 Å². The minimum atomic E-state index is 0.269. The number of hydrogen-bond acceptors (Lipinski definition) is 2. The lowest BCUT2D eigenvalue weighted by molar-refractivity contribution is -0.132. The first-order chi connectivity index (χ1) is 9.61. The Morgan fingerprint density at radius 3 is 2.65 bits per heavy atom. The second-order valence-corrected chi connectivity index (χ2v) is 7.11. The van der Waals surface area contributed by atoms with Gasteiger partial charge in [-0.1, -0.05) is 28.1 Å². The van der Waals surface area contributed by atoms with E-state index < -0.39 is 0 Å². The molecule has 1 N–H and O–H groups in total. The zero-order valence-electron chi connectivity index (χ0n) is 11.9. The van der Waals surface area contributed by atoms with Crippen LogP contribution in [0.2, 0.25) is 0 Å². The fraction of sp³-hybridized carbons (Fsp3) is 0.562. The summed E-state index contributed by atoms with van der Waals surface area (Å²) in [6.45, 7) is 2.84. The molecule has 1 atom stereocenters. The number of benzene rings is 1. The fourth-order valence-corrected chi connectivity index (χ4v) is 3.65. The van der Waals surface area contributed by atoms with E-state index in [4.69, 9.17) is 0 Å². The number of rotatable bonds is 3. The van der Waals surface area contributed by atoms with Crippen molar-refractivity contribution in [1.29, 1.82) is 0 Å². The highest BCUT2D eigenvalue weighted by Gasteiger charge is 2.58. The molecule has 3 rings (SSSR count). The summed E-state index contributed by atoms with van der Waals surface area (Å²) in [6, 6.07) is 8.19. The van der Waals surface area contributed by atoms with E-state index in [-0.39, 0.29) is 5.92 Å². The summed E-state index contributed by atoms with van der Waals surface area (Å²) in [6.07, 6.45) is 3.42. The number of carbonyl (C=O) groups excluding carboxylic acids is 1. The summed E-state index contributed by atoms with van der Waals surface area (Å²) in [4.78, 5) is 14.4. The van der Waals surface area contributed by atoms with Crippen molar-refractivity contribution >= 4 is 21.8 Å². The van der Waals surface area contributed by atoms with Gasteiger partial charge in [-0.25, -0.2) is 0 Å². The van der Waals surface area contributed by atoms with Gasteiger partial charge in [0.05, 0.1) is 0 Å². The summed E-state index contributed by atoms with van der Waals surface area (Å²) >= 11 is 3.44. The van der Waals surface area contributed by atoms with E-state index in [0.717, 1.165) is 36.8 Å². The van der Waals surface area contributed by atoms with Gasteiger partial charge < -0.3 is 10.2 Å². The SMILES string of the molecule is CN(Cc1ccc(Br)cc1)C(=O)C1CC12CCNCC2. The van der Waals surface area contributed by atoms with E-state index in [9.17, 15) is 4.79 Å². The van der Waals surface area contributed by atoms with Crippen LogP contribution in [0.3, 0.4) is 0 Å². The summed E-state index contributed by atoms with van der Waals surface area (Å²) in [5.74, 6) is 0.597. The van der Waals surface area contributed by atoms with Gasteiger partial charge in [0.1, 0.15) is 0 Å². The Morgan fingerprint density at radius 2 is 2.00 bits per heavy atom. The van der Waals surface area contributed by atoms with Crippen molar-refractivity contribution in [2.45, 2.75) is 25.8 Å². The van der Waals surface area contributed by atoms with Crippen LogP contribution in [0, 0.1) is 11.3 Å². The van der Waals surface area contributed by atoms with Crippen LogP contribution in [-0.2, 0) is 11.3 Å². The quantitative estimate of drug-likeness (QED) is 0.920. The van der Waals surface area contributed by atoms with E-state index in [2.05, 4.69) is 33.4 Å². The lowest BCUT2D eigenvalue weighted by Gasteiger charge is -2.25. The van der Waals surface area contributed by atoms with Gasteiger partial charge in [-0.2, -0.15) is 0 Å². The second kappa shape index (κ2) is 5.49. The number of carbonyl (C=O) groups is 1. The van der Waals surface area contributed by atoms with Gasteiger partial charge in [0, 0.05) is 24.0 Å². The lowest BCUT2D eigenvalue weighted by Crippen LogP contribution is -2.34. The first-order valence-electron chi connectivity index (χ1n) is 7.31. The van der Waals surface area contributed by atoms with Gasteiger partial charge in [-0.15, -0.1) is 0 Å². The van der Waals surface area contributed by atoms with E-state index in [0.29, 0.717) is 17.9 Å². The van der Waals surface area contributed by atoms with Crippen LogP contribution in [0.25, 0.3) is 0 Å². The largest absolute Gasteiger partial charge is 0.341 e. The molecule has 1 unspecified atom stereocenters. The molecular formula is C16H21BrN2O. The van der Waals surface area contributed by atoms with Gasteiger partial charge in [-0.05, 0) is 55.5 Å². The van der Waals surface area contributed by atoms with E-state index in [1.165, 1.54) is 5.56 Å². The number of nitrogens with zero attached hydrogens (tertiary/aromatic N) is 1. The second-order valence-electron chi connectivity index (χ2n) is 6.19. The average molecular weight is 337 g/mol. The van der Waals surface area contributed by atoms with E-state index in [1.54, 1.807) is 0 Å². The maximum atomic E-state index is 12.5. The predicted molar refractivity (Wildman–Crippen MR) is 83.3 cm³/mol. The van der Waals surface area contributed by atoms with Gasteiger partial charge in [-0.3, -0.25) is 4.79 Å². The Hall–Kier alpha value is -0.870. The van der Waals surface area contributed by atoms with Crippen LogP contribution < -0.4 is 5.32 Å². The van der Waals surface area contributed by atoms with Crippen molar-refractivity contribution in [3.05, 3.63) is 34.3 Å². The van der Waals surface area contributed by atoms with Crippen LogP contribution >= 0.6 is 15.9 Å². The molecule has 1 amide bonds. The molecule has 1 aliphatic heterocycles. The third-order valence-corrected chi connectivity index (χ3v) is 5.33. The molecule has 1 aliphatic carbocycles. The average Bonchev–Trinajstić information content (AvgIpc) is 3.14. The molecule has 2 aliphatic rings. The fourth-order valence-electron chi connectivity index (χ4n) is 3.38. The maximum Gasteiger partial charge on any atom is 0.226 e. The molecule has 3 nitrogen and oxygen atoms in total. The molecule has 4 heteroatoms. The Morgan fingerprint density at radius 1 is 1.35 bits per heavy atom. The monoisotopic (exact) mass is 336 g/mol. The number of hydrogen-bond donors (Lipinski definition) is 1. The Bertz CT molecular complexity index is 494. The van der Waals surface area contributed by atoms with E-state index in [1.807, 2.05) is 24.1 Å². The molecule has 1 aromatic carbocycles. The molecule has 1 spiro atoms. The molecule has 1 saturated carbocycles. The molecule has 1 aromatic rings. The first kappa shape index (κ1) is 14.1. The number of amides is 1. The van der Waals surface area contributed by atoms with Crippen molar-refractivity contribution < 1.29 is 4.79 Å². The third-order valence-electron chi connectivity index (χ3n) is 4.80. The zero-order chi connectivity index (χ0) is 14.2. The molecular weight excluding hydrogens is 316 g/mol. The van der Waals surface area contributed by atoms with Crippen LogP contribution in [-0.4, -0.2) is 30.9 Å². The highest BCUT2D eigenvalue weighted by molar-refractivity contribution is 9.10. The Labute approximate surface area is 128 Å². The summed E-state index contributed by atoms with van der Waals surface area (Å²) in [5.41, 5.74) is 1.51. The predicted octanol–water partition coefficient (Wildman–Crippen LogP) is 2.80. The zero-order valence-corrected chi connectivity index (χ0v) is 13.4. The van der Waals surface area contributed by atoms with Crippen molar-refractivity contribution in [1.82, 2.24) is 10.2 Å². The molecule has 108 valence electrons. The van der Waals surface area contributed by atoms with E-state index >= 15 is 0 Å². The van der Waals surface area contributed by atoms with Crippen molar-refractivity contribution in [2.75, 3.05) is 20.1 Å². The van der Waals surface area contributed by atoms with Crippen molar-refractivity contribution in [3.63, 3.8) is 0 Å². The summed E-state index contributed by atoms with van der Waals surface area (Å²) in [7, 11) is 1.93. The Kier molecular flexibility index (Phi) is 3.87. The standard InChI is InChI=1S/C16H21BrN2O/c1-19(11-12-2-4-13(17)5-3-12)15(20)14-10-16(14)6-8-18-9-7-16/h2-5,14,18H,6-11H2,1H3. The number of nitrogens with one attached hydrogen (secondary N) is 1. The minimum absolute atomic E-state index is 0.269. The maximum absolute atomic E-state index is 12.5. The van der Waals surface area contributed by atoms with Gasteiger partial charge in [0.2, 0.25) is 5.91 Å². The van der Waals surface area contributed by atoms with Gasteiger partial charge in [0.25, 0.3) is 0 Å². The smallest absolute Gasteiger partial charge is 0.226 e. The molecule has 1 saturated heterocycles. The van der Waals surface area contributed by atoms with Gasteiger partial charge in [0.15, 0.2) is 0 Å². The number of piperidine rings is 1.